The number of rotatable bonds is 4. The van der Waals surface area contributed by atoms with E-state index in [4.69, 9.17) is 4.74 Å². The third-order valence-corrected chi connectivity index (χ3v) is 2.98. The second kappa shape index (κ2) is 5.85. The minimum Gasteiger partial charge on any atom is -0.487 e. The van der Waals surface area contributed by atoms with E-state index < -0.39 is 6.10 Å². The van der Waals surface area contributed by atoms with Crippen molar-refractivity contribution in [3.63, 3.8) is 0 Å². The minimum atomic E-state index is -0.764. The number of hydrogen-bond acceptors (Lipinski definition) is 2. The van der Waals surface area contributed by atoms with Crippen molar-refractivity contribution in [3.05, 3.63) is 65.0 Å². The zero-order chi connectivity index (χ0) is 13.8. The van der Waals surface area contributed by atoms with E-state index in [-0.39, 0.29) is 18.2 Å². The normalized spacial score (nSPS) is 12.2. The second-order valence-electron chi connectivity index (χ2n) is 4.63. The average molecular weight is 260 g/mol. The Bertz CT molecular complexity index is 566. The summed E-state index contributed by atoms with van der Waals surface area (Å²) in [6.07, 6.45) is -0.764. The van der Waals surface area contributed by atoms with Crippen molar-refractivity contribution in [3.8, 4) is 5.75 Å². The van der Waals surface area contributed by atoms with E-state index in [9.17, 15) is 9.50 Å². The molecule has 0 radical (unpaired) electrons. The molecule has 19 heavy (non-hydrogen) atoms. The molecule has 2 nitrogen and oxygen atoms in total. The van der Waals surface area contributed by atoms with Crippen LogP contribution in [-0.4, -0.2) is 11.7 Å². The summed E-state index contributed by atoms with van der Waals surface area (Å²) in [6, 6.07) is 12.5. The van der Waals surface area contributed by atoms with Crippen molar-refractivity contribution in [2.75, 3.05) is 6.61 Å². The van der Waals surface area contributed by atoms with Gasteiger partial charge < -0.3 is 9.84 Å². The van der Waals surface area contributed by atoms with E-state index in [0.29, 0.717) is 5.56 Å². The third kappa shape index (κ3) is 3.32. The lowest BCUT2D eigenvalue weighted by atomic mass is 10.1. The van der Waals surface area contributed by atoms with Crippen LogP contribution in [0.1, 0.15) is 22.8 Å². The maximum absolute atomic E-state index is 13.7. The highest BCUT2D eigenvalue weighted by molar-refractivity contribution is 5.30. The fourth-order valence-corrected chi connectivity index (χ4v) is 1.87. The predicted octanol–water partition coefficient (Wildman–Crippen LogP) is 3.55. The van der Waals surface area contributed by atoms with Gasteiger partial charge in [0.25, 0.3) is 0 Å². The summed E-state index contributed by atoms with van der Waals surface area (Å²) in [6.45, 7) is 3.67. The lowest BCUT2D eigenvalue weighted by molar-refractivity contribution is 0.105. The van der Waals surface area contributed by atoms with Crippen molar-refractivity contribution in [2.24, 2.45) is 0 Å². The highest BCUT2D eigenvalue weighted by Gasteiger charge is 2.11. The Hall–Kier alpha value is -1.87. The van der Waals surface area contributed by atoms with Crippen molar-refractivity contribution in [1.29, 1.82) is 0 Å². The molecule has 100 valence electrons. The summed E-state index contributed by atoms with van der Waals surface area (Å²) in [5.74, 6) is -0.203. The van der Waals surface area contributed by atoms with Crippen LogP contribution in [0.2, 0.25) is 0 Å². The number of ether oxygens (including phenoxy) is 1. The van der Waals surface area contributed by atoms with Crippen LogP contribution in [0.15, 0.2) is 42.5 Å². The maximum atomic E-state index is 13.7. The number of aliphatic hydroxyl groups excluding tert-OH is 1. The average Bonchev–Trinajstić information content (AvgIpc) is 2.40. The zero-order valence-electron chi connectivity index (χ0n) is 11.1. The number of benzene rings is 2. The van der Waals surface area contributed by atoms with E-state index in [0.717, 1.165) is 11.1 Å². The molecule has 1 atom stereocenters. The van der Waals surface area contributed by atoms with Crippen LogP contribution in [0.3, 0.4) is 0 Å². The molecular formula is C16H17FO2. The van der Waals surface area contributed by atoms with Gasteiger partial charge in [-0.15, -0.1) is 0 Å². The largest absolute Gasteiger partial charge is 0.487 e. The molecule has 1 N–H and O–H groups in total. The Morgan fingerprint density at radius 3 is 2.63 bits per heavy atom. The van der Waals surface area contributed by atoms with E-state index in [1.54, 1.807) is 25.1 Å². The van der Waals surface area contributed by atoms with Gasteiger partial charge in [0.15, 0.2) is 11.6 Å². The Labute approximate surface area is 112 Å². The lowest BCUT2D eigenvalue weighted by Gasteiger charge is -2.14. The van der Waals surface area contributed by atoms with Crippen molar-refractivity contribution < 1.29 is 14.2 Å². The molecule has 2 aromatic carbocycles. The van der Waals surface area contributed by atoms with Crippen LogP contribution in [-0.2, 0) is 0 Å². The number of halogens is 1. The molecule has 0 spiro atoms. The SMILES string of the molecule is Cc1cccc(C(O)COc2cccc(C)c2F)c1. The van der Waals surface area contributed by atoms with Gasteiger partial charge in [0.2, 0.25) is 0 Å². The Morgan fingerprint density at radius 1 is 1.16 bits per heavy atom. The van der Waals surface area contributed by atoms with E-state index in [1.165, 1.54) is 0 Å². The monoisotopic (exact) mass is 260 g/mol. The highest BCUT2D eigenvalue weighted by atomic mass is 19.1. The number of aliphatic hydroxyl groups is 1. The molecule has 0 fully saturated rings. The summed E-state index contributed by atoms with van der Waals surface area (Å²) < 4.78 is 19.1. The summed E-state index contributed by atoms with van der Waals surface area (Å²) in [5.41, 5.74) is 2.37. The Kier molecular flexibility index (Phi) is 4.17. The third-order valence-electron chi connectivity index (χ3n) is 2.98. The second-order valence-corrected chi connectivity index (χ2v) is 4.63. The first kappa shape index (κ1) is 13.6. The van der Waals surface area contributed by atoms with Gasteiger partial charge in [-0.2, -0.15) is 0 Å². The predicted molar refractivity (Wildman–Crippen MR) is 72.8 cm³/mol. The highest BCUT2D eigenvalue weighted by Crippen LogP contribution is 2.22. The maximum Gasteiger partial charge on any atom is 0.167 e. The molecule has 0 amide bonds. The summed E-state index contributed by atoms with van der Waals surface area (Å²) in [4.78, 5) is 0. The fourth-order valence-electron chi connectivity index (χ4n) is 1.87. The van der Waals surface area contributed by atoms with Gasteiger partial charge in [-0.05, 0) is 31.0 Å². The molecular weight excluding hydrogens is 243 g/mol. The first-order valence-electron chi connectivity index (χ1n) is 6.20. The van der Waals surface area contributed by atoms with Crippen LogP contribution < -0.4 is 4.74 Å². The topological polar surface area (TPSA) is 29.5 Å². The standard InChI is InChI=1S/C16H17FO2/c1-11-5-3-7-13(9-11)14(18)10-19-15-8-4-6-12(2)16(15)17/h3-9,14,18H,10H2,1-2H3. The molecule has 0 saturated carbocycles. The molecule has 1 unspecified atom stereocenters. The summed E-state index contributed by atoms with van der Waals surface area (Å²) >= 11 is 0. The van der Waals surface area contributed by atoms with Gasteiger partial charge in [0.1, 0.15) is 12.7 Å². The van der Waals surface area contributed by atoms with Gasteiger partial charge in [-0.3, -0.25) is 0 Å². The fraction of sp³-hybridized carbons (Fsp3) is 0.250. The molecule has 0 aliphatic heterocycles. The van der Waals surface area contributed by atoms with Crippen molar-refractivity contribution in [1.82, 2.24) is 0 Å². The molecule has 2 rings (SSSR count). The van der Waals surface area contributed by atoms with E-state index >= 15 is 0 Å². The first-order chi connectivity index (χ1) is 9.08. The molecule has 0 aliphatic carbocycles. The molecule has 0 aromatic heterocycles. The Morgan fingerprint density at radius 2 is 1.89 bits per heavy atom. The van der Waals surface area contributed by atoms with Crippen LogP contribution in [0.25, 0.3) is 0 Å². The number of hydrogen-bond donors (Lipinski definition) is 1. The van der Waals surface area contributed by atoms with Gasteiger partial charge in [0, 0.05) is 0 Å². The minimum absolute atomic E-state index is 0.0316. The van der Waals surface area contributed by atoms with Gasteiger partial charge in [-0.25, -0.2) is 4.39 Å². The van der Waals surface area contributed by atoms with E-state index in [2.05, 4.69) is 0 Å². The van der Waals surface area contributed by atoms with Gasteiger partial charge in [-0.1, -0.05) is 42.0 Å². The Balaban J connectivity index is 2.04. The molecule has 0 bridgehead atoms. The smallest absolute Gasteiger partial charge is 0.167 e. The quantitative estimate of drug-likeness (QED) is 0.910. The first-order valence-corrected chi connectivity index (χ1v) is 6.20. The molecule has 0 heterocycles. The van der Waals surface area contributed by atoms with Gasteiger partial charge in [0.05, 0.1) is 0 Å². The van der Waals surface area contributed by atoms with Crippen LogP contribution >= 0.6 is 0 Å². The molecule has 2 aromatic rings. The number of aryl methyl sites for hydroxylation is 2. The molecule has 0 saturated heterocycles. The lowest BCUT2D eigenvalue weighted by Crippen LogP contribution is -2.10. The van der Waals surface area contributed by atoms with Crippen LogP contribution in [0, 0.1) is 19.7 Å². The van der Waals surface area contributed by atoms with E-state index in [1.807, 2.05) is 31.2 Å². The van der Waals surface area contributed by atoms with Gasteiger partial charge >= 0.3 is 0 Å². The summed E-state index contributed by atoms with van der Waals surface area (Å²) in [7, 11) is 0. The van der Waals surface area contributed by atoms with Crippen molar-refractivity contribution in [2.45, 2.75) is 20.0 Å². The zero-order valence-corrected chi connectivity index (χ0v) is 11.1. The molecule has 3 heteroatoms. The van der Waals surface area contributed by atoms with Crippen molar-refractivity contribution >= 4 is 0 Å². The summed E-state index contributed by atoms with van der Waals surface area (Å²) in [5, 5.41) is 10.0. The van der Waals surface area contributed by atoms with Crippen LogP contribution in [0.4, 0.5) is 4.39 Å². The molecule has 0 aliphatic rings. The van der Waals surface area contributed by atoms with Crippen LogP contribution in [0.5, 0.6) is 5.75 Å².